The minimum absolute atomic E-state index is 0.00736. The number of hydrogen-bond acceptors (Lipinski definition) is 4. The Bertz CT molecular complexity index is 471. The van der Waals surface area contributed by atoms with Gasteiger partial charge >= 0.3 is 5.97 Å². The van der Waals surface area contributed by atoms with E-state index in [0.717, 1.165) is 44.8 Å². The van der Waals surface area contributed by atoms with Crippen LogP contribution in [0.15, 0.2) is 18.2 Å². The second-order valence-electron chi connectivity index (χ2n) is 5.02. The largest absolute Gasteiger partial charge is 0.465 e. The Morgan fingerprint density at radius 1 is 1.25 bits per heavy atom. The smallest absolute Gasteiger partial charge is 0.340 e. The van der Waals surface area contributed by atoms with E-state index in [-0.39, 0.29) is 5.56 Å². The summed E-state index contributed by atoms with van der Waals surface area (Å²) in [6.45, 7) is 8.06. The number of nitrogens with zero attached hydrogens (tertiary/aromatic N) is 2. The van der Waals surface area contributed by atoms with Crippen molar-refractivity contribution in [2.45, 2.75) is 13.5 Å². The molecule has 0 unspecified atom stereocenters. The van der Waals surface area contributed by atoms with Gasteiger partial charge in [-0.1, -0.05) is 13.0 Å². The van der Waals surface area contributed by atoms with Crippen molar-refractivity contribution in [2.24, 2.45) is 0 Å². The van der Waals surface area contributed by atoms with E-state index >= 15 is 0 Å². The van der Waals surface area contributed by atoms with Gasteiger partial charge in [0, 0.05) is 32.7 Å². The highest BCUT2D eigenvalue weighted by Crippen LogP contribution is 2.14. The van der Waals surface area contributed by atoms with Crippen molar-refractivity contribution < 1.29 is 13.9 Å². The SMILES string of the molecule is CCN1CCN(Cc2ccc(C(=O)OC)c(F)c2)CC1. The third-order valence-corrected chi connectivity index (χ3v) is 3.76. The number of piperazine rings is 1. The lowest BCUT2D eigenvalue weighted by Gasteiger charge is -2.34. The molecule has 0 N–H and O–H groups in total. The molecule has 0 atom stereocenters. The molecule has 1 aliphatic heterocycles. The molecule has 1 heterocycles. The first-order chi connectivity index (χ1) is 9.63. The van der Waals surface area contributed by atoms with Crippen molar-refractivity contribution in [3.63, 3.8) is 0 Å². The monoisotopic (exact) mass is 280 g/mol. The second kappa shape index (κ2) is 6.81. The van der Waals surface area contributed by atoms with Gasteiger partial charge < -0.3 is 9.64 Å². The number of esters is 1. The summed E-state index contributed by atoms with van der Waals surface area (Å²) in [5.41, 5.74) is 0.882. The van der Waals surface area contributed by atoms with Gasteiger partial charge in [0.15, 0.2) is 0 Å². The van der Waals surface area contributed by atoms with Crippen molar-refractivity contribution in [3.8, 4) is 0 Å². The molecule has 0 aliphatic carbocycles. The van der Waals surface area contributed by atoms with Crippen LogP contribution >= 0.6 is 0 Å². The molecule has 1 aromatic carbocycles. The molecule has 1 aromatic rings. The Kier molecular flexibility index (Phi) is 5.09. The molecule has 0 saturated carbocycles. The van der Waals surface area contributed by atoms with Gasteiger partial charge in [0.05, 0.1) is 12.7 Å². The van der Waals surface area contributed by atoms with Crippen molar-refractivity contribution in [1.29, 1.82) is 0 Å². The molecule has 1 aliphatic rings. The average molecular weight is 280 g/mol. The molecule has 0 aromatic heterocycles. The van der Waals surface area contributed by atoms with Crippen molar-refractivity contribution in [3.05, 3.63) is 35.1 Å². The summed E-state index contributed by atoms with van der Waals surface area (Å²) in [7, 11) is 1.25. The summed E-state index contributed by atoms with van der Waals surface area (Å²) < 4.78 is 18.4. The molecular formula is C15H21FN2O2. The Labute approximate surface area is 119 Å². The van der Waals surface area contributed by atoms with Crippen LogP contribution in [-0.2, 0) is 11.3 Å². The standard InChI is InChI=1S/C15H21FN2O2/c1-3-17-6-8-18(9-7-17)11-12-4-5-13(14(16)10-12)15(19)20-2/h4-5,10H,3,6-9,11H2,1-2H3. The van der Waals surface area contributed by atoms with Gasteiger partial charge in [0.2, 0.25) is 0 Å². The first-order valence-electron chi connectivity index (χ1n) is 6.95. The summed E-state index contributed by atoms with van der Waals surface area (Å²) in [6.07, 6.45) is 0. The predicted molar refractivity (Wildman–Crippen MR) is 75.1 cm³/mol. The molecule has 20 heavy (non-hydrogen) atoms. The number of carbonyl (C=O) groups is 1. The third-order valence-electron chi connectivity index (χ3n) is 3.76. The molecule has 110 valence electrons. The fourth-order valence-corrected chi connectivity index (χ4v) is 2.45. The van der Waals surface area contributed by atoms with E-state index in [9.17, 15) is 9.18 Å². The van der Waals surface area contributed by atoms with Gasteiger partial charge in [-0.05, 0) is 24.2 Å². The van der Waals surface area contributed by atoms with E-state index in [2.05, 4.69) is 21.5 Å². The van der Waals surface area contributed by atoms with E-state index in [1.807, 2.05) is 0 Å². The fourth-order valence-electron chi connectivity index (χ4n) is 2.45. The summed E-state index contributed by atoms with van der Waals surface area (Å²) >= 11 is 0. The van der Waals surface area contributed by atoms with Crippen LogP contribution in [0.3, 0.4) is 0 Å². The number of ether oxygens (including phenoxy) is 1. The molecule has 0 radical (unpaired) electrons. The summed E-state index contributed by atoms with van der Waals surface area (Å²) in [5, 5.41) is 0. The summed E-state index contributed by atoms with van der Waals surface area (Å²) in [4.78, 5) is 16.0. The molecule has 1 fully saturated rings. The summed E-state index contributed by atoms with van der Waals surface area (Å²) in [5.74, 6) is -1.15. The van der Waals surface area contributed by atoms with Crippen LogP contribution in [-0.4, -0.2) is 55.6 Å². The molecule has 5 heteroatoms. The highest BCUT2D eigenvalue weighted by atomic mass is 19.1. The highest BCUT2D eigenvalue weighted by molar-refractivity contribution is 5.89. The Morgan fingerprint density at radius 2 is 1.90 bits per heavy atom. The van der Waals surface area contributed by atoms with Crippen LogP contribution in [0.1, 0.15) is 22.8 Å². The van der Waals surface area contributed by atoms with Gasteiger partial charge in [-0.25, -0.2) is 9.18 Å². The zero-order valence-electron chi connectivity index (χ0n) is 12.1. The van der Waals surface area contributed by atoms with Crippen LogP contribution in [0.4, 0.5) is 4.39 Å². The molecule has 0 spiro atoms. The molecule has 1 saturated heterocycles. The normalized spacial score (nSPS) is 17.1. The number of methoxy groups -OCH3 is 1. The quantitative estimate of drug-likeness (QED) is 0.787. The summed E-state index contributed by atoms with van der Waals surface area (Å²) in [6, 6.07) is 4.72. The second-order valence-corrected chi connectivity index (χ2v) is 5.02. The average Bonchev–Trinajstić information content (AvgIpc) is 2.47. The molecular weight excluding hydrogens is 259 g/mol. The number of halogens is 1. The molecule has 2 rings (SSSR count). The molecule has 4 nitrogen and oxygen atoms in total. The van der Waals surface area contributed by atoms with Crippen LogP contribution in [0.2, 0.25) is 0 Å². The molecule has 0 amide bonds. The topological polar surface area (TPSA) is 32.8 Å². The van der Waals surface area contributed by atoms with E-state index in [1.54, 1.807) is 6.07 Å². The van der Waals surface area contributed by atoms with Gasteiger partial charge in [-0.2, -0.15) is 0 Å². The maximum absolute atomic E-state index is 13.8. The van der Waals surface area contributed by atoms with Gasteiger partial charge in [-0.3, -0.25) is 4.90 Å². The number of likely N-dealkylation sites (N-methyl/N-ethyl adjacent to an activating group) is 1. The highest BCUT2D eigenvalue weighted by Gasteiger charge is 2.17. The van der Waals surface area contributed by atoms with Crippen molar-refractivity contribution in [2.75, 3.05) is 39.8 Å². The third kappa shape index (κ3) is 3.55. The lowest BCUT2D eigenvalue weighted by molar-refractivity contribution is 0.0595. The van der Waals surface area contributed by atoms with E-state index in [1.165, 1.54) is 19.2 Å². The fraction of sp³-hybridized carbons (Fsp3) is 0.533. The number of hydrogen-bond donors (Lipinski definition) is 0. The molecule has 0 bridgehead atoms. The Hall–Kier alpha value is -1.46. The zero-order chi connectivity index (χ0) is 14.5. The number of rotatable bonds is 4. The first kappa shape index (κ1) is 14.9. The predicted octanol–water partition coefficient (Wildman–Crippen LogP) is 1.75. The van der Waals surface area contributed by atoms with E-state index < -0.39 is 11.8 Å². The van der Waals surface area contributed by atoms with Crippen LogP contribution < -0.4 is 0 Å². The van der Waals surface area contributed by atoms with Gasteiger partial charge in [0.1, 0.15) is 5.82 Å². The Balaban J connectivity index is 1.97. The zero-order valence-corrected chi connectivity index (χ0v) is 12.1. The van der Waals surface area contributed by atoms with Crippen molar-refractivity contribution in [1.82, 2.24) is 9.80 Å². The number of carbonyl (C=O) groups excluding carboxylic acids is 1. The maximum Gasteiger partial charge on any atom is 0.340 e. The lowest BCUT2D eigenvalue weighted by atomic mass is 10.1. The minimum Gasteiger partial charge on any atom is -0.465 e. The van der Waals surface area contributed by atoms with Crippen LogP contribution in [0.5, 0.6) is 0 Å². The van der Waals surface area contributed by atoms with Crippen LogP contribution in [0.25, 0.3) is 0 Å². The minimum atomic E-state index is -0.634. The Morgan fingerprint density at radius 3 is 2.45 bits per heavy atom. The maximum atomic E-state index is 13.8. The van der Waals surface area contributed by atoms with E-state index in [0.29, 0.717) is 0 Å². The van der Waals surface area contributed by atoms with Crippen LogP contribution in [0, 0.1) is 5.82 Å². The van der Waals surface area contributed by atoms with Gasteiger partial charge in [-0.15, -0.1) is 0 Å². The number of benzene rings is 1. The van der Waals surface area contributed by atoms with Crippen molar-refractivity contribution >= 4 is 5.97 Å². The lowest BCUT2D eigenvalue weighted by Crippen LogP contribution is -2.45. The van der Waals surface area contributed by atoms with E-state index in [4.69, 9.17) is 0 Å². The first-order valence-corrected chi connectivity index (χ1v) is 6.95. The van der Waals surface area contributed by atoms with Gasteiger partial charge in [0.25, 0.3) is 0 Å².